The van der Waals surface area contributed by atoms with Gasteiger partial charge in [0.2, 0.25) is 0 Å². The highest BCUT2D eigenvalue weighted by Crippen LogP contribution is 2.35. The van der Waals surface area contributed by atoms with Crippen LogP contribution in [-0.2, 0) is 32.3 Å². The van der Waals surface area contributed by atoms with Gasteiger partial charge >= 0.3 is 12.1 Å². The van der Waals surface area contributed by atoms with Crippen LogP contribution >= 0.6 is 11.6 Å². The van der Waals surface area contributed by atoms with Crippen LogP contribution in [0.2, 0.25) is 5.15 Å². The van der Waals surface area contributed by atoms with Crippen LogP contribution in [0.3, 0.4) is 0 Å². The second-order valence-corrected chi connectivity index (χ2v) is 6.81. The van der Waals surface area contributed by atoms with Crippen LogP contribution in [0.5, 0.6) is 5.75 Å². The molecular weight excluding hydrogens is 455 g/mol. The van der Waals surface area contributed by atoms with Crippen LogP contribution in [0.1, 0.15) is 16.8 Å². The summed E-state index contributed by atoms with van der Waals surface area (Å²) in [6.07, 6.45) is -2.17. The molecule has 1 aromatic heterocycles. The van der Waals surface area contributed by atoms with Crippen molar-refractivity contribution in [3.63, 3.8) is 0 Å². The number of esters is 1. The second-order valence-electron chi connectivity index (χ2n) is 6.45. The number of hydrogen-bond donors (Lipinski definition) is 1. The smallest absolute Gasteiger partial charge is 0.416 e. The minimum absolute atomic E-state index is 0.0105. The zero-order chi connectivity index (χ0) is 23.9. The van der Waals surface area contributed by atoms with Crippen molar-refractivity contribution < 1.29 is 37.0 Å². The molecule has 0 saturated carbocycles. The van der Waals surface area contributed by atoms with Gasteiger partial charge in [0.25, 0.3) is 5.91 Å². The summed E-state index contributed by atoms with van der Waals surface area (Å²) in [5, 5.41) is 6.66. The van der Waals surface area contributed by atoms with Crippen LogP contribution in [0.25, 0.3) is 6.08 Å². The SMILES string of the molecule is COCCOc1ccc(C(F)(F)F)cc1NC(=O)COC(=O)/C=C/c1c(C)nn(C)c1Cl. The zero-order valence-electron chi connectivity index (χ0n) is 17.5. The third-order valence-electron chi connectivity index (χ3n) is 4.05. The molecule has 1 amide bonds. The van der Waals surface area contributed by atoms with Crippen molar-refractivity contribution in [1.29, 1.82) is 0 Å². The molecule has 1 heterocycles. The predicted molar refractivity (Wildman–Crippen MR) is 110 cm³/mol. The summed E-state index contributed by atoms with van der Waals surface area (Å²) in [5.74, 6) is -1.69. The van der Waals surface area contributed by atoms with E-state index in [1.807, 2.05) is 0 Å². The molecule has 1 N–H and O–H groups in total. The van der Waals surface area contributed by atoms with Crippen molar-refractivity contribution in [3.8, 4) is 5.75 Å². The number of alkyl halides is 3. The number of methoxy groups -OCH3 is 1. The number of nitrogens with one attached hydrogen (secondary N) is 1. The third kappa shape index (κ3) is 6.99. The molecule has 0 radical (unpaired) electrons. The Morgan fingerprint density at radius 2 is 2.00 bits per heavy atom. The Labute approximate surface area is 186 Å². The van der Waals surface area contributed by atoms with Crippen molar-refractivity contribution in [3.05, 3.63) is 46.2 Å². The molecule has 0 fully saturated rings. The number of carbonyl (C=O) groups is 2. The molecule has 0 aliphatic carbocycles. The number of anilines is 1. The van der Waals surface area contributed by atoms with Crippen molar-refractivity contribution in [2.75, 3.05) is 32.2 Å². The van der Waals surface area contributed by atoms with E-state index in [0.717, 1.165) is 24.3 Å². The lowest BCUT2D eigenvalue weighted by Gasteiger charge is -2.15. The first-order valence-electron chi connectivity index (χ1n) is 9.19. The van der Waals surface area contributed by atoms with Gasteiger partial charge in [0.1, 0.15) is 17.5 Å². The summed E-state index contributed by atoms with van der Waals surface area (Å²) >= 11 is 6.05. The number of carbonyl (C=O) groups excluding carboxylic acids is 2. The summed E-state index contributed by atoms with van der Waals surface area (Å²) in [6.45, 7) is 1.22. The van der Waals surface area contributed by atoms with Gasteiger partial charge in [-0.15, -0.1) is 0 Å². The second kappa shape index (κ2) is 11.0. The first-order chi connectivity index (χ1) is 15.0. The molecule has 0 unspecified atom stereocenters. The van der Waals surface area contributed by atoms with Gasteiger partial charge in [0, 0.05) is 25.8 Å². The summed E-state index contributed by atoms with van der Waals surface area (Å²) in [4.78, 5) is 24.0. The molecule has 2 rings (SSSR count). The van der Waals surface area contributed by atoms with Gasteiger partial charge in [-0.1, -0.05) is 11.6 Å². The standard InChI is InChI=1S/C20H21ClF3N3O5/c1-12-14(19(21)27(2)26-12)5-7-18(29)32-11-17(28)25-15-10-13(20(22,23)24)4-6-16(15)31-9-8-30-3/h4-7,10H,8-9,11H2,1-3H3,(H,25,28)/b7-5+. The lowest BCUT2D eigenvalue weighted by Crippen LogP contribution is -2.21. The monoisotopic (exact) mass is 475 g/mol. The van der Waals surface area contributed by atoms with E-state index >= 15 is 0 Å². The topological polar surface area (TPSA) is 91.7 Å². The van der Waals surface area contributed by atoms with E-state index in [-0.39, 0.29) is 24.7 Å². The summed E-state index contributed by atoms with van der Waals surface area (Å²) in [6, 6.07) is 2.64. The van der Waals surface area contributed by atoms with Gasteiger partial charge in [-0.2, -0.15) is 18.3 Å². The molecule has 0 atom stereocenters. The Bertz CT molecular complexity index is 1010. The minimum Gasteiger partial charge on any atom is -0.489 e. The lowest BCUT2D eigenvalue weighted by molar-refractivity contribution is -0.142. The Balaban J connectivity index is 2.02. The van der Waals surface area contributed by atoms with Gasteiger partial charge in [-0.3, -0.25) is 9.48 Å². The van der Waals surface area contributed by atoms with Crippen LogP contribution in [0, 0.1) is 6.92 Å². The number of hydrogen-bond acceptors (Lipinski definition) is 6. The predicted octanol–water partition coefficient (Wildman–Crippen LogP) is 3.62. The molecule has 0 aliphatic heterocycles. The molecule has 0 bridgehead atoms. The maximum absolute atomic E-state index is 13.0. The number of amides is 1. The molecule has 2 aromatic rings. The van der Waals surface area contributed by atoms with Gasteiger partial charge in [0.05, 0.1) is 23.6 Å². The normalized spacial score (nSPS) is 11.6. The van der Waals surface area contributed by atoms with E-state index in [2.05, 4.69) is 10.4 Å². The molecular formula is C20H21ClF3N3O5. The summed E-state index contributed by atoms with van der Waals surface area (Å²) in [5.41, 5.74) is -0.0944. The molecule has 8 nitrogen and oxygen atoms in total. The number of aromatic nitrogens is 2. The highest BCUT2D eigenvalue weighted by molar-refractivity contribution is 6.31. The molecule has 1 aromatic carbocycles. The van der Waals surface area contributed by atoms with E-state index < -0.39 is 30.2 Å². The van der Waals surface area contributed by atoms with E-state index in [0.29, 0.717) is 16.4 Å². The van der Waals surface area contributed by atoms with Crippen molar-refractivity contribution >= 4 is 35.2 Å². The van der Waals surface area contributed by atoms with E-state index in [1.54, 1.807) is 14.0 Å². The highest BCUT2D eigenvalue weighted by atomic mass is 35.5. The third-order valence-corrected chi connectivity index (χ3v) is 4.50. The fourth-order valence-electron chi connectivity index (χ4n) is 2.52. The van der Waals surface area contributed by atoms with E-state index in [4.69, 9.17) is 25.8 Å². The van der Waals surface area contributed by atoms with Gasteiger partial charge in [0.15, 0.2) is 6.61 Å². The number of nitrogens with zero attached hydrogens (tertiary/aromatic N) is 2. The van der Waals surface area contributed by atoms with Crippen molar-refractivity contribution in [1.82, 2.24) is 9.78 Å². The van der Waals surface area contributed by atoms with Crippen LogP contribution < -0.4 is 10.1 Å². The molecule has 0 spiro atoms. The minimum atomic E-state index is -4.62. The van der Waals surface area contributed by atoms with Crippen LogP contribution in [0.15, 0.2) is 24.3 Å². The molecule has 32 heavy (non-hydrogen) atoms. The molecule has 0 aliphatic rings. The maximum atomic E-state index is 13.0. The van der Waals surface area contributed by atoms with E-state index in [1.165, 1.54) is 17.9 Å². The summed E-state index contributed by atoms with van der Waals surface area (Å²) in [7, 11) is 3.07. The number of halogens is 4. The van der Waals surface area contributed by atoms with E-state index in [9.17, 15) is 22.8 Å². The largest absolute Gasteiger partial charge is 0.489 e. The Morgan fingerprint density at radius 1 is 1.28 bits per heavy atom. The summed E-state index contributed by atoms with van der Waals surface area (Å²) < 4.78 is 55.5. The lowest BCUT2D eigenvalue weighted by atomic mass is 10.1. The Morgan fingerprint density at radius 3 is 2.59 bits per heavy atom. The fraction of sp³-hybridized carbons (Fsp3) is 0.350. The first-order valence-corrected chi connectivity index (χ1v) is 9.57. The Kier molecular flexibility index (Phi) is 8.67. The van der Waals surface area contributed by atoms with Gasteiger partial charge in [-0.25, -0.2) is 4.79 Å². The maximum Gasteiger partial charge on any atom is 0.416 e. The average molecular weight is 476 g/mol. The molecule has 12 heteroatoms. The number of ether oxygens (including phenoxy) is 3. The van der Waals surface area contributed by atoms with Crippen LogP contribution in [-0.4, -0.2) is 48.6 Å². The van der Waals surface area contributed by atoms with Crippen LogP contribution in [0.4, 0.5) is 18.9 Å². The highest BCUT2D eigenvalue weighted by Gasteiger charge is 2.31. The fourth-order valence-corrected chi connectivity index (χ4v) is 2.76. The number of rotatable bonds is 9. The van der Waals surface area contributed by atoms with Gasteiger partial charge < -0.3 is 19.5 Å². The molecule has 0 saturated heterocycles. The Hall–Kier alpha value is -3.05. The van der Waals surface area contributed by atoms with Crippen molar-refractivity contribution in [2.45, 2.75) is 13.1 Å². The van der Waals surface area contributed by atoms with Crippen molar-refractivity contribution in [2.24, 2.45) is 7.05 Å². The average Bonchev–Trinajstić information content (AvgIpc) is 2.96. The van der Waals surface area contributed by atoms with Gasteiger partial charge in [-0.05, 0) is 31.2 Å². The quantitative estimate of drug-likeness (QED) is 0.338. The molecule has 174 valence electrons. The number of aryl methyl sites for hydroxylation is 2. The zero-order valence-corrected chi connectivity index (χ0v) is 18.2. The first kappa shape index (κ1) is 25.2. The number of benzene rings is 1.